The highest BCUT2D eigenvalue weighted by molar-refractivity contribution is 5.93. The van der Waals surface area contributed by atoms with Crippen LogP contribution >= 0.6 is 0 Å². The fraction of sp³-hybridized carbons (Fsp3) is 0.357. The molecule has 0 aliphatic heterocycles. The third-order valence-corrected chi connectivity index (χ3v) is 3.01. The van der Waals surface area contributed by atoms with Crippen molar-refractivity contribution in [3.63, 3.8) is 0 Å². The number of carbonyl (C=O) groups is 1. The van der Waals surface area contributed by atoms with Crippen molar-refractivity contribution >= 4 is 5.78 Å². The molecule has 1 aromatic heterocycles. The van der Waals surface area contributed by atoms with Crippen molar-refractivity contribution in [1.82, 2.24) is 15.0 Å². The molecule has 0 N–H and O–H groups in total. The predicted octanol–water partition coefficient (Wildman–Crippen LogP) is 2.90. The smallest absolute Gasteiger partial charge is 0.181 e. The van der Waals surface area contributed by atoms with Crippen LogP contribution in [0.4, 0.5) is 0 Å². The molecule has 0 amide bonds. The minimum atomic E-state index is -0.0567. The second-order valence-corrected chi connectivity index (χ2v) is 4.74. The molecule has 0 saturated heterocycles. The van der Waals surface area contributed by atoms with Gasteiger partial charge in [-0.25, -0.2) is 4.68 Å². The summed E-state index contributed by atoms with van der Waals surface area (Å²) in [5, 5.41) is 7.98. The number of aromatic nitrogens is 3. The maximum absolute atomic E-state index is 11.4. The molecular weight excluding hydrogens is 226 g/mol. The summed E-state index contributed by atoms with van der Waals surface area (Å²) in [5.74, 6) is 0.403. The van der Waals surface area contributed by atoms with Gasteiger partial charge in [-0.3, -0.25) is 4.79 Å². The molecule has 2 rings (SSSR count). The molecular formula is C14H17N3O. The number of carbonyl (C=O) groups excluding carboxylic acids is 1. The SMILES string of the molecule is CC(=O)c1nnn(-c2cccc(C(C)C)c2)c1C. The second kappa shape index (κ2) is 4.72. The van der Waals surface area contributed by atoms with Crippen LogP contribution in [0.5, 0.6) is 0 Å². The van der Waals surface area contributed by atoms with Crippen LogP contribution < -0.4 is 0 Å². The van der Waals surface area contributed by atoms with Crippen molar-refractivity contribution in [3.8, 4) is 5.69 Å². The number of Topliss-reactive ketones (excluding diaryl/α,β-unsaturated/α-hetero) is 1. The van der Waals surface area contributed by atoms with Crippen molar-refractivity contribution in [1.29, 1.82) is 0 Å². The second-order valence-electron chi connectivity index (χ2n) is 4.74. The third kappa shape index (κ3) is 2.18. The molecule has 2 aromatic rings. The Hall–Kier alpha value is -1.97. The van der Waals surface area contributed by atoms with Crippen molar-refractivity contribution in [2.24, 2.45) is 0 Å². The first kappa shape index (κ1) is 12.5. The van der Waals surface area contributed by atoms with Gasteiger partial charge in [0.1, 0.15) is 0 Å². The minimum absolute atomic E-state index is 0.0567. The summed E-state index contributed by atoms with van der Waals surface area (Å²) in [5.41, 5.74) is 3.40. The van der Waals surface area contributed by atoms with Gasteiger partial charge >= 0.3 is 0 Å². The van der Waals surface area contributed by atoms with E-state index in [9.17, 15) is 4.79 Å². The Bertz CT molecular complexity index is 584. The summed E-state index contributed by atoms with van der Waals surface area (Å²) in [6, 6.07) is 8.14. The van der Waals surface area contributed by atoms with Gasteiger partial charge in [0.2, 0.25) is 0 Å². The quantitative estimate of drug-likeness (QED) is 0.779. The number of hydrogen-bond donors (Lipinski definition) is 0. The van der Waals surface area contributed by atoms with Gasteiger partial charge in [0, 0.05) is 6.92 Å². The Kier molecular flexibility index (Phi) is 3.28. The number of rotatable bonds is 3. The Morgan fingerprint density at radius 3 is 2.61 bits per heavy atom. The maximum Gasteiger partial charge on any atom is 0.181 e. The lowest BCUT2D eigenvalue weighted by molar-refractivity contribution is 0.101. The Balaban J connectivity index is 2.49. The van der Waals surface area contributed by atoms with E-state index in [0.29, 0.717) is 11.6 Å². The van der Waals surface area contributed by atoms with Gasteiger partial charge in [-0.15, -0.1) is 5.10 Å². The molecule has 18 heavy (non-hydrogen) atoms. The van der Waals surface area contributed by atoms with E-state index >= 15 is 0 Å². The zero-order chi connectivity index (χ0) is 13.3. The normalized spacial score (nSPS) is 10.9. The summed E-state index contributed by atoms with van der Waals surface area (Å²) in [4.78, 5) is 11.4. The van der Waals surface area contributed by atoms with Crippen molar-refractivity contribution in [2.45, 2.75) is 33.6 Å². The summed E-state index contributed by atoms with van der Waals surface area (Å²) in [6.45, 7) is 7.66. The van der Waals surface area contributed by atoms with Crippen LogP contribution in [-0.2, 0) is 0 Å². The monoisotopic (exact) mass is 243 g/mol. The Morgan fingerprint density at radius 2 is 2.06 bits per heavy atom. The molecule has 0 spiro atoms. The molecule has 0 radical (unpaired) electrons. The molecule has 4 nitrogen and oxygen atoms in total. The van der Waals surface area contributed by atoms with E-state index in [0.717, 1.165) is 11.4 Å². The van der Waals surface area contributed by atoms with E-state index < -0.39 is 0 Å². The zero-order valence-electron chi connectivity index (χ0n) is 11.1. The molecule has 94 valence electrons. The number of hydrogen-bond acceptors (Lipinski definition) is 3. The first-order valence-corrected chi connectivity index (χ1v) is 6.04. The molecule has 0 unspecified atom stereocenters. The van der Waals surface area contributed by atoms with Crippen LogP contribution in [0.25, 0.3) is 5.69 Å². The first-order valence-electron chi connectivity index (χ1n) is 6.04. The molecule has 1 heterocycles. The van der Waals surface area contributed by atoms with Crippen molar-refractivity contribution < 1.29 is 4.79 Å². The molecule has 0 aliphatic carbocycles. The van der Waals surface area contributed by atoms with Crippen LogP contribution in [0, 0.1) is 6.92 Å². The lowest BCUT2D eigenvalue weighted by Gasteiger charge is -2.08. The molecule has 0 bridgehead atoms. The highest BCUT2D eigenvalue weighted by Gasteiger charge is 2.13. The van der Waals surface area contributed by atoms with Crippen LogP contribution in [0.3, 0.4) is 0 Å². The maximum atomic E-state index is 11.4. The topological polar surface area (TPSA) is 47.8 Å². The van der Waals surface area contributed by atoms with E-state index in [2.05, 4.69) is 36.3 Å². The molecule has 4 heteroatoms. The van der Waals surface area contributed by atoms with Gasteiger partial charge in [-0.2, -0.15) is 0 Å². The van der Waals surface area contributed by atoms with E-state index in [1.54, 1.807) is 4.68 Å². The summed E-state index contributed by atoms with van der Waals surface area (Å²) >= 11 is 0. The zero-order valence-corrected chi connectivity index (χ0v) is 11.1. The van der Waals surface area contributed by atoms with Crippen LogP contribution in [0.2, 0.25) is 0 Å². The lowest BCUT2D eigenvalue weighted by Crippen LogP contribution is -2.02. The van der Waals surface area contributed by atoms with Gasteiger partial charge in [0.25, 0.3) is 0 Å². The molecule has 0 atom stereocenters. The fourth-order valence-electron chi connectivity index (χ4n) is 1.92. The van der Waals surface area contributed by atoms with Gasteiger partial charge in [-0.05, 0) is 30.5 Å². The number of nitrogens with zero attached hydrogens (tertiary/aromatic N) is 3. The largest absolute Gasteiger partial charge is 0.293 e. The minimum Gasteiger partial charge on any atom is -0.293 e. The van der Waals surface area contributed by atoms with Crippen molar-refractivity contribution in [2.75, 3.05) is 0 Å². The third-order valence-electron chi connectivity index (χ3n) is 3.01. The fourth-order valence-corrected chi connectivity index (χ4v) is 1.92. The van der Waals surface area contributed by atoms with Crippen LogP contribution in [0.1, 0.15) is 48.4 Å². The van der Waals surface area contributed by atoms with Crippen LogP contribution in [-0.4, -0.2) is 20.8 Å². The molecule has 0 fully saturated rings. The lowest BCUT2D eigenvalue weighted by atomic mass is 10.0. The van der Waals surface area contributed by atoms with Crippen LogP contribution in [0.15, 0.2) is 24.3 Å². The first-order chi connectivity index (χ1) is 8.50. The average molecular weight is 243 g/mol. The van der Waals surface area contributed by atoms with E-state index in [-0.39, 0.29) is 5.78 Å². The Labute approximate surface area is 107 Å². The molecule has 1 aromatic carbocycles. The van der Waals surface area contributed by atoms with Gasteiger partial charge in [0.15, 0.2) is 11.5 Å². The van der Waals surface area contributed by atoms with E-state index in [4.69, 9.17) is 0 Å². The molecule has 0 aliphatic rings. The van der Waals surface area contributed by atoms with Gasteiger partial charge in [-0.1, -0.05) is 31.2 Å². The predicted molar refractivity (Wildman–Crippen MR) is 70.2 cm³/mol. The van der Waals surface area contributed by atoms with Gasteiger partial charge in [0.05, 0.1) is 11.4 Å². The number of ketones is 1. The summed E-state index contributed by atoms with van der Waals surface area (Å²) in [7, 11) is 0. The van der Waals surface area contributed by atoms with E-state index in [1.165, 1.54) is 12.5 Å². The Morgan fingerprint density at radius 1 is 1.33 bits per heavy atom. The summed E-state index contributed by atoms with van der Waals surface area (Å²) < 4.78 is 1.71. The number of benzene rings is 1. The highest BCUT2D eigenvalue weighted by atomic mass is 16.1. The molecule has 0 saturated carbocycles. The highest BCUT2D eigenvalue weighted by Crippen LogP contribution is 2.19. The summed E-state index contributed by atoms with van der Waals surface area (Å²) in [6.07, 6.45) is 0. The van der Waals surface area contributed by atoms with Crippen molar-refractivity contribution in [3.05, 3.63) is 41.2 Å². The van der Waals surface area contributed by atoms with E-state index in [1.807, 2.05) is 19.1 Å². The average Bonchev–Trinajstić information content (AvgIpc) is 2.71. The standard InChI is InChI=1S/C14H17N3O/c1-9(2)12-6-5-7-13(8-12)17-10(3)14(11(4)18)15-16-17/h5-9H,1-4H3. The van der Waals surface area contributed by atoms with Gasteiger partial charge < -0.3 is 0 Å².